The summed E-state index contributed by atoms with van der Waals surface area (Å²) in [6.45, 7) is 3.99. The Morgan fingerprint density at radius 1 is 1.08 bits per heavy atom. The van der Waals surface area contributed by atoms with Crippen LogP contribution in [0.1, 0.15) is 39.2 Å². The van der Waals surface area contributed by atoms with Gasteiger partial charge in [0.1, 0.15) is 0 Å². The molecule has 1 heterocycles. The quantitative estimate of drug-likeness (QED) is 0.0396. The van der Waals surface area contributed by atoms with Gasteiger partial charge in [0.25, 0.3) is 0 Å². The van der Waals surface area contributed by atoms with Crippen LogP contribution in [0.15, 0.2) is 53.6 Å². The molecule has 0 aliphatic rings. The van der Waals surface area contributed by atoms with Crippen molar-refractivity contribution in [2.24, 2.45) is 5.11 Å². The van der Waals surface area contributed by atoms with Gasteiger partial charge in [0.2, 0.25) is 5.91 Å². The summed E-state index contributed by atoms with van der Waals surface area (Å²) in [5.41, 5.74) is 24.0. The second-order valence-corrected chi connectivity index (χ2v) is 8.04. The topological polar surface area (TPSA) is 164 Å². The van der Waals surface area contributed by atoms with Crippen molar-refractivity contribution in [3.05, 3.63) is 81.4 Å². The molecule has 39 heavy (non-hydrogen) atoms. The van der Waals surface area contributed by atoms with Crippen LogP contribution in [0, 0.1) is 0 Å². The molecular formula is C27H38ClN9OPt-2. The van der Waals surface area contributed by atoms with Gasteiger partial charge in [0.15, 0.2) is 0 Å². The average molecular weight is 735 g/mol. The first kappa shape index (κ1) is 36.3. The van der Waals surface area contributed by atoms with Crippen molar-refractivity contribution in [1.29, 1.82) is 0 Å². The molecule has 1 aromatic heterocycles. The number of benzene rings is 2. The number of amidine groups is 1. The molecule has 10 nitrogen and oxygen atoms in total. The molecule has 0 fully saturated rings. The van der Waals surface area contributed by atoms with E-state index in [0.29, 0.717) is 26.1 Å². The predicted molar refractivity (Wildman–Crippen MR) is 160 cm³/mol. The van der Waals surface area contributed by atoms with Gasteiger partial charge in [-0.2, -0.15) is 13.1 Å². The molecule has 3 N–H and O–H groups in total. The number of carbonyl (C=O) groups is 1. The van der Waals surface area contributed by atoms with E-state index in [4.69, 9.17) is 22.0 Å². The van der Waals surface area contributed by atoms with Crippen LogP contribution in [-0.4, -0.2) is 60.9 Å². The molecule has 0 radical (unpaired) electrons. The van der Waals surface area contributed by atoms with Gasteiger partial charge in [0, 0.05) is 35.2 Å². The third-order valence-corrected chi connectivity index (χ3v) is 5.57. The van der Waals surface area contributed by atoms with Crippen molar-refractivity contribution in [1.82, 2.24) is 15.2 Å². The third-order valence-electron chi connectivity index (χ3n) is 5.57. The van der Waals surface area contributed by atoms with E-state index in [1.807, 2.05) is 48.2 Å². The fourth-order valence-electron chi connectivity index (χ4n) is 3.85. The SMILES string of the molecule is C.CCC(=[N-])N(CCCc1c2ccccc2nc2ccccc12)CCC(=O)NCCN=[N+]=[N-].[Cl][Pt+].[NH-]CC[NH-]. The number of fused-ring (bicyclic) bond motifs is 2. The Hall–Kier alpha value is -2.74. The fraction of sp³-hybridized carbons (Fsp3) is 0.444. The molecule has 1 amide bonds. The molecule has 0 bridgehead atoms. The molecule has 0 aliphatic heterocycles. The summed E-state index contributed by atoms with van der Waals surface area (Å²) < 4.78 is 0. The van der Waals surface area contributed by atoms with Crippen LogP contribution in [0.5, 0.6) is 0 Å². The van der Waals surface area contributed by atoms with Gasteiger partial charge in [-0.3, -0.25) is 4.79 Å². The smallest absolute Gasteiger partial charge is 0.171 e. The molecule has 3 rings (SSSR count). The number of para-hydroxylation sites is 2. The molecule has 0 spiro atoms. The van der Waals surface area contributed by atoms with Crippen LogP contribution in [0.3, 0.4) is 0 Å². The van der Waals surface area contributed by atoms with Gasteiger partial charge >= 0.3 is 28.2 Å². The standard InChI is InChI=1S/C24H28N7O.C2H6N2.CH4.ClH.Pt/c1-2-23(25)31(17-13-24(32)27-14-15-28-30-26)16-7-10-18-19-8-3-5-11-21(19)29-22-12-6-4-9-20(18)22;3-1-2-4;;;/h3-6,8-9,11-12H,2,7,10,13-17H2,1H3,(H,27,32);3-4H,1-2H2;1H4;1H;/q-1;-2;;;+2/p-1. The molecule has 0 unspecified atom stereocenters. The van der Waals surface area contributed by atoms with Gasteiger partial charge < -0.3 is 27.1 Å². The van der Waals surface area contributed by atoms with E-state index in [1.165, 1.54) is 5.56 Å². The third kappa shape index (κ3) is 12.8. The Morgan fingerprint density at radius 2 is 1.64 bits per heavy atom. The minimum Gasteiger partial charge on any atom is -0.679 e. The summed E-state index contributed by atoms with van der Waals surface area (Å²) in [6, 6.07) is 16.4. The Morgan fingerprint density at radius 3 is 2.15 bits per heavy atom. The zero-order chi connectivity index (χ0) is 28.2. The summed E-state index contributed by atoms with van der Waals surface area (Å²) >= 11 is 1.61. The molecular weight excluding hydrogens is 697 g/mol. The number of nitrogens with one attached hydrogen (secondary N) is 3. The number of aryl methyl sites for hydroxylation is 1. The van der Waals surface area contributed by atoms with Crippen molar-refractivity contribution in [3.8, 4) is 0 Å². The van der Waals surface area contributed by atoms with Crippen LogP contribution < -0.4 is 5.32 Å². The van der Waals surface area contributed by atoms with E-state index in [-0.39, 0.29) is 45.2 Å². The number of aromatic nitrogens is 1. The predicted octanol–water partition coefficient (Wildman–Crippen LogP) is 7.23. The molecule has 12 heteroatoms. The van der Waals surface area contributed by atoms with E-state index in [1.54, 1.807) is 18.8 Å². The van der Waals surface area contributed by atoms with Gasteiger partial charge in [-0.1, -0.05) is 61.7 Å². The normalized spacial score (nSPS) is 9.69. The summed E-state index contributed by atoms with van der Waals surface area (Å²) in [4.78, 5) is 21.4. The first-order chi connectivity index (χ1) is 18.5. The first-order valence-electron chi connectivity index (χ1n) is 12.3. The molecule has 3 aromatic rings. The van der Waals surface area contributed by atoms with E-state index in [9.17, 15) is 10.2 Å². The van der Waals surface area contributed by atoms with Crippen molar-refractivity contribution >= 4 is 43.0 Å². The number of rotatable bonds is 12. The Bertz CT molecular complexity index is 1130. The van der Waals surface area contributed by atoms with E-state index in [2.05, 4.69) is 36.9 Å². The molecule has 0 saturated heterocycles. The minimum atomic E-state index is -0.127. The van der Waals surface area contributed by atoms with Gasteiger partial charge in [0.05, 0.1) is 11.0 Å². The van der Waals surface area contributed by atoms with Crippen LogP contribution in [-0.2, 0) is 30.0 Å². The first-order valence-corrected chi connectivity index (χ1v) is 15.1. The Kier molecular flexibility index (Phi) is 20.6. The van der Waals surface area contributed by atoms with Crippen LogP contribution >= 0.6 is 9.42 Å². The number of carbonyl (C=O) groups excluding carboxylic acids is 1. The zero-order valence-electron chi connectivity index (χ0n) is 21.5. The summed E-state index contributed by atoms with van der Waals surface area (Å²) in [7, 11) is 4.61. The molecule has 0 atom stereocenters. The largest absolute Gasteiger partial charge is 0.679 e. The van der Waals surface area contributed by atoms with Gasteiger partial charge in [-0.15, -0.1) is 0 Å². The van der Waals surface area contributed by atoms with Crippen LogP contribution in [0.2, 0.25) is 0 Å². The molecule has 0 aliphatic carbocycles. The molecule has 216 valence electrons. The maximum atomic E-state index is 12.0. The van der Waals surface area contributed by atoms with Crippen molar-refractivity contribution < 1.29 is 23.6 Å². The van der Waals surface area contributed by atoms with E-state index < -0.39 is 0 Å². The number of pyridine rings is 1. The van der Waals surface area contributed by atoms with Crippen LogP contribution in [0.4, 0.5) is 0 Å². The van der Waals surface area contributed by atoms with Crippen LogP contribution in [0.25, 0.3) is 49.1 Å². The number of nitrogens with zero attached hydrogens (tertiary/aromatic N) is 6. The second-order valence-electron chi connectivity index (χ2n) is 8.04. The summed E-state index contributed by atoms with van der Waals surface area (Å²) in [5.74, 6) is 0.162. The number of halogens is 1. The van der Waals surface area contributed by atoms with E-state index >= 15 is 0 Å². The van der Waals surface area contributed by atoms with Crippen molar-refractivity contribution in [2.75, 3.05) is 39.3 Å². The maximum Gasteiger partial charge on any atom is -0.171 e. The summed E-state index contributed by atoms with van der Waals surface area (Å²) in [5, 5.41) is 18.8. The Labute approximate surface area is 246 Å². The average Bonchev–Trinajstić information content (AvgIpc) is 2.97. The fourth-order valence-corrected chi connectivity index (χ4v) is 3.85. The zero-order valence-corrected chi connectivity index (χ0v) is 24.5. The monoisotopic (exact) mass is 734 g/mol. The van der Waals surface area contributed by atoms with Gasteiger partial charge in [-0.25, -0.2) is 4.98 Å². The number of hydrogen-bond acceptors (Lipinski definition) is 3. The second kappa shape index (κ2) is 22.1. The summed E-state index contributed by atoms with van der Waals surface area (Å²) in [6.07, 6.45) is 2.46. The van der Waals surface area contributed by atoms with E-state index in [0.717, 1.165) is 34.6 Å². The number of hydrogen-bond donors (Lipinski definition) is 1. The maximum absolute atomic E-state index is 12.0. The van der Waals surface area contributed by atoms with Crippen molar-refractivity contribution in [2.45, 2.75) is 40.0 Å². The van der Waals surface area contributed by atoms with Crippen molar-refractivity contribution in [3.63, 3.8) is 0 Å². The molecule has 0 saturated carbocycles. The minimum absolute atomic E-state index is 0. The van der Waals surface area contributed by atoms with Gasteiger partial charge in [-0.05, 0) is 55.6 Å². The Balaban J connectivity index is 0.00000189. The number of azide groups is 1. The molecule has 2 aromatic carbocycles. The number of amides is 1.